The molecule has 0 radical (unpaired) electrons. The second-order valence-electron chi connectivity index (χ2n) is 6.55. The Bertz CT molecular complexity index is 818. The number of anilines is 1. The van der Waals surface area contributed by atoms with Crippen LogP contribution in [0.5, 0.6) is 11.5 Å². The molecule has 0 unspecified atom stereocenters. The summed E-state index contributed by atoms with van der Waals surface area (Å²) in [6.45, 7) is 4.97. The van der Waals surface area contributed by atoms with Gasteiger partial charge >= 0.3 is 0 Å². The molecule has 154 valence electrons. The summed E-state index contributed by atoms with van der Waals surface area (Å²) in [6, 6.07) is 10.7. The first-order valence-corrected chi connectivity index (χ1v) is 9.46. The van der Waals surface area contributed by atoms with Gasteiger partial charge < -0.3 is 24.6 Å². The van der Waals surface area contributed by atoms with Crippen molar-refractivity contribution in [2.24, 2.45) is 0 Å². The molecular weight excluding hydrogens is 374 g/mol. The van der Waals surface area contributed by atoms with Crippen molar-refractivity contribution in [3.05, 3.63) is 42.1 Å². The minimum Gasteiger partial charge on any atom is -0.497 e. The number of nitrogens with zero attached hydrogens (tertiary/aromatic N) is 4. The summed E-state index contributed by atoms with van der Waals surface area (Å²) < 4.78 is 10.7. The maximum atomic E-state index is 12.2. The lowest BCUT2D eigenvalue weighted by Gasteiger charge is -2.34. The van der Waals surface area contributed by atoms with Gasteiger partial charge in [-0.25, -0.2) is 0 Å². The summed E-state index contributed by atoms with van der Waals surface area (Å²) in [5.74, 6) is 1.94. The van der Waals surface area contributed by atoms with Crippen LogP contribution in [0.2, 0.25) is 0 Å². The second kappa shape index (κ2) is 9.72. The molecule has 29 heavy (non-hydrogen) atoms. The van der Waals surface area contributed by atoms with E-state index in [0.29, 0.717) is 50.9 Å². The van der Waals surface area contributed by atoms with E-state index in [2.05, 4.69) is 20.4 Å². The van der Waals surface area contributed by atoms with Crippen molar-refractivity contribution in [1.82, 2.24) is 20.4 Å². The van der Waals surface area contributed by atoms with E-state index in [1.54, 1.807) is 43.2 Å². The normalized spacial score (nSPS) is 13.7. The summed E-state index contributed by atoms with van der Waals surface area (Å²) >= 11 is 0. The van der Waals surface area contributed by atoms with Crippen molar-refractivity contribution in [1.29, 1.82) is 0 Å². The Morgan fingerprint density at radius 1 is 1.00 bits per heavy atom. The van der Waals surface area contributed by atoms with Crippen molar-refractivity contribution in [2.75, 3.05) is 51.3 Å². The van der Waals surface area contributed by atoms with Crippen LogP contribution in [0, 0.1) is 0 Å². The van der Waals surface area contributed by atoms with Gasteiger partial charge in [0.15, 0.2) is 11.5 Å². The quantitative estimate of drug-likeness (QED) is 0.693. The van der Waals surface area contributed by atoms with E-state index in [1.807, 2.05) is 12.1 Å². The van der Waals surface area contributed by atoms with Gasteiger partial charge in [-0.3, -0.25) is 9.59 Å². The highest BCUT2D eigenvalue weighted by atomic mass is 16.5. The Labute approximate surface area is 169 Å². The highest BCUT2D eigenvalue weighted by Gasteiger charge is 2.20. The van der Waals surface area contributed by atoms with Crippen LogP contribution in [0.3, 0.4) is 0 Å². The fourth-order valence-electron chi connectivity index (χ4n) is 2.96. The summed E-state index contributed by atoms with van der Waals surface area (Å²) in [5.41, 5.74) is 0.251. The van der Waals surface area contributed by atoms with E-state index in [1.165, 1.54) is 0 Å². The molecule has 1 aromatic heterocycles. The number of carbonyl (C=O) groups excluding carboxylic acids is 2. The number of benzene rings is 1. The van der Waals surface area contributed by atoms with Crippen molar-refractivity contribution < 1.29 is 19.1 Å². The third kappa shape index (κ3) is 5.56. The molecule has 0 spiro atoms. The van der Waals surface area contributed by atoms with Crippen LogP contribution in [-0.2, 0) is 4.79 Å². The number of methoxy groups -OCH3 is 1. The zero-order valence-corrected chi connectivity index (χ0v) is 16.6. The van der Waals surface area contributed by atoms with E-state index in [-0.39, 0.29) is 17.5 Å². The van der Waals surface area contributed by atoms with E-state index >= 15 is 0 Å². The minimum atomic E-state index is -0.302. The van der Waals surface area contributed by atoms with Crippen LogP contribution in [-0.4, -0.2) is 73.4 Å². The second-order valence-corrected chi connectivity index (χ2v) is 6.55. The third-order valence-corrected chi connectivity index (χ3v) is 4.65. The van der Waals surface area contributed by atoms with Crippen molar-refractivity contribution in [2.45, 2.75) is 6.92 Å². The highest BCUT2D eigenvalue weighted by molar-refractivity contribution is 5.92. The fourth-order valence-corrected chi connectivity index (χ4v) is 2.96. The van der Waals surface area contributed by atoms with Crippen LogP contribution in [0.15, 0.2) is 36.4 Å². The minimum absolute atomic E-state index is 0.0822. The first-order chi connectivity index (χ1) is 14.1. The smallest absolute Gasteiger partial charge is 0.271 e. The molecule has 0 bridgehead atoms. The number of hydrogen-bond acceptors (Lipinski definition) is 7. The van der Waals surface area contributed by atoms with Gasteiger partial charge in [0.1, 0.15) is 18.1 Å². The topological polar surface area (TPSA) is 96.9 Å². The van der Waals surface area contributed by atoms with E-state index < -0.39 is 0 Å². The first-order valence-electron chi connectivity index (χ1n) is 9.46. The molecule has 1 saturated heterocycles. The van der Waals surface area contributed by atoms with Crippen molar-refractivity contribution in [3.8, 4) is 11.5 Å². The molecule has 9 nitrogen and oxygen atoms in total. The average Bonchev–Trinajstić information content (AvgIpc) is 2.77. The van der Waals surface area contributed by atoms with Crippen LogP contribution < -0.4 is 19.7 Å². The van der Waals surface area contributed by atoms with Gasteiger partial charge in [-0.1, -0.05) is 0 Å². The Hall–Kier alpha value is -3.36. The maximum Gasteiger partial charge on any atom is 0.271 e. The van der Waals surface area contributed by atoms with Crippen LogP contribution >= 0.6 is 0 Å². The van der Waals surface area contributed by atoms with Gasteiger partial charge in [0.05, 0.1) is 13.7 Å². The summed E-state index contributed by atoms with van der Waals surface area (Å²) in [4.78, 5) is 27.5. The number of nitrogens with one attached hydrogen (secondary N) is 1. The molecule has 9 heteroatoms. The highest BCUT2D eigenvalue weighted by Crippen LogP contribution is 2.16. The number of ether oxygens (including phenoxy) is 2. The summed E-state index contributed by atoms with van der Waals surface area (Å²) in [6.07, 6.45) is 0. The average molecular weight is 399 g/mol. The van der Waals surface area contributed by atoms with Crippen molar-refractivity contribution >= 4 is 17.6 Å². The Morgan fingerprint density at radius 2 is 1.69 bits per heavy atom. The fraction of sp³-hybridized carbons (Fsp3) is 0.400. The Balaban J connectivity index is 1.42. The monoisotopic (exact) mass is 399 g/mol. The molecule has 2 aromatic rings. The number of hydrogen-bond donors (Lipinski definition) is 1. The van der Waals surface area contributed by atoms with Gasteiger partial charge in [0.25, 0.3) is 5.91 Å². The molecular formula is C20H25N5O4. The molecule has 2 amide bonds. The van der Waals surface area contributed by atoms with Gasteiger partial charge in [-0.15, -0.1) is 10.2 Å². The van der Waals surface area contributed by atoms with Gasteiger partial charge in [0, 0.05) is 33.1 Å². The lowest BCUT2D eigenvalue weighted by molar-refractivity contribution is -0.129. The Kier molecular flexibility index (Phi) is 6.83. The molecule has 3 rings (SSSR count). The SMILES string of the molecule is COc1ccc(OCCNC(=O)c2ccc(N3CCN(C(C)=O)CC3)nn2)cc1. The largest absolute Gasteiger partial charge is 0.497 e. The standard InChI is InChI=1S/C20H25N5O4/c1-15(26)24-10-12-25(13-11-24)19-8-7-18(22-23-19)20(27)21-9-14-29-17-5-3-16(28-2)4-6-17/h3-8H,9-14H2,1-2H3,(H,21,27). The molecule has 0 saturated carbocycles. The maximum absolute atomic E-state index is 12.2. The zero-order chi connectivity index (χ0) is 20.6. The van der Waals surface area contributed by atoms with Crippen LogP contribution in [0.1, 0.15) is 17.4 Å². The molecule has 0 atom stereocenters. The van der Waals surface area contributed by atoms with E-state index in [4.69, 9.17) is 9.47 Å². The Morgan fingerprint density at radius 3 is 2.28 bits per heavy atom. The summed E-state index contributed by atoms with van der Waals surface area (Å²) in [7, 11) is 1.61. The van der Waals surface area contributed by atoms with Crippen LogP contribution in [0.4, 0.5) is 5.82 Å². The predicted octanol–water partition coefficient (Wildman–Crippen LogP) is 0.962. The van der Waals surface area contributed by atoms with Crippen molar-refractivity contribution in [3.63, 3.8) is 0 Å². The number of rotatable bonds is 7. The molecule has 1 aliphatic heterocycles. The van der Waals surface area contributed by atoms with Crippen LogP contribution in [0.25, 0.3) is 0 Å². The number of amides is 2. The van der Waals surface area contributed by atoms with Gasteiger partial charge in [0.2, 0.25) is 5.91 Å². The zero-order valence-electron chi connectivity index (χ0n) is 16.6. The molecule has 1 aromatic carbocycles. The number of carbonyl (C=O) groups is 2. The van der Waals surface area contributed by atoms with Gasteiger partial charge in [-0.2, -0.15) is 0 Å². The lowest BCUT2D eigenvalue weighted by atomic mass is 10.3. The van der Waals surface area contributed by atoms with Gasteiger partial charge in [-0.05, 0) is 36.4 Å². The molecule has 0 aliphatic carbocycles. The molecule has 1 fully saturated rings. The first kappa shape index (κ1) is 20.4. The summed E-state index contributed by atoms with van der Waals surface area (Å²) in [5, 5.41) is 10.9. The molecule has 2 heterocycles. The number of piperazine rings is 1. The third-order valence-electron chi connectivity index (χ3n) is 4.65. The number of aromatic nitrogens is 2. The van der Waals surface area contributed by atoms with E-state index in [0.717, 1.165) is 5.75 Å². The van der Waals surface area contributed by atoms with E-state index in [9.17, 15) is 9.59 Å². The molecule has 1 N–H and O–H groups in total. The molecule has 1 aliphatic rings. The predicted molar refractivity (Wildman–Crippen MR) is 107 cm³/mol. The lowest BCUT2D eigenvalue weighted by Crippen LogP contribution is -2.48.